The van der Waals surface area contributed by atoms with Crippen molar-refractivity contribution in [2.45, 2.75) is 25.7 Å². The number of aryl methyl sites for hydroxylation is 1. The maximum Gasteiger partial charge on any atom is 0.336 e. The van der Waals surface area contributed by atoms with Crippen molar-refractivity contribution in [1.29, 1.82) is 0 Å². The third kappa shape index (κ3) is 2.89. The molecular weight excluding hydrogens is 260 g/mol. The Hall–Kier alpha value is -2.35. The lowest BCUT2D eigenvalue weighted by Crippen LogP contribution is -2.09. The summed E-state index contributed by atoms with van der Waals surface area (Å²) in [4.78, 5) is 11.7. The molecule has 2 aromatic rings. The highest BCUT2D eigenvalue weighted by atomic mass is 16.4. The quantitative estimate of drug-likeness (QED) is 0.675. The van der Waals surface area contributed by atoms with Crippen LogP contribution in [0.25, 0.3) is 11.6 Å². The zero-order valence-electron chi connectivity index (χ0n) is 11.9. The highest BCUT2D eigenvalue weighted by Gasteiger charge is 2.19. The Morgan fingerprint density at radius 1 is 0.952 bits per heavy atom. The minimum atomic E-state index is -0.863. The summed E-state index contributed by atoms with van der Waals surface area (Å²) in [6.45, 7) is 0. The number of carboxylic acids is 1. The molecule has 0 aliphatic heterocycles. The number of rotatable bonds is 3. The van der Waals surface area contributed by atoms with Crippen molar-refractivity contribution in [3.05, 3.63) is 70.8 Å². The summed E-state index contributed by atoms with van der Waals surface area (Å²) >= 11 is 0. The molecule has 1 aliphatic carbocycles. The van der Waals surface area contributed by atoms with Gasteiger partial charge in [0.15, 0.2) is 0 Å². The van der Waals surface area contributed by atoms with Gasteiger partial charge in [0.2, 0.25) is 0 Å². The maximum atomic E-state index is 11.7. The predicted molar refractivity (Wildman–Crippen MR) is 85.0 cm³/mol. The van der Waals surface area contributed by atoms with Crippen molar-refractivity contribution in [3.63, 3.8) is 0 Å². The summed E-state index contributed by atoms with van der Waals surface area (Å²) < 4.78 is 0. The van der Waals surface area contributed by atoms with Gasteiger partial charge in [0, 0.05) is 0 Å². The number of fused-ring (bicyclic) bond motifs is 1. The molecule has 0 spiro atoms. The molecule has 0 radical (unpaired) electrons. The van der Waals surface area contributed by atoms with Crippen molar-refractivity contribution < 1.29 is 9.90 Å². The second-order valence-electron chi connectivity index (χ2n) is 5.42. The molecule has 0 bridgehead atoms. The molecule has 1 N–H and O–H groups in total. The van der Waals surface area contributed by atoms with Gasteiger partial charge in [0.1, 0.15) is 0 Å². The fourth-order valence-electron chi connectivity index (χ4n) is 3.00. The molecule has 0 fully saturated rings. The highest BCUT2D eigenvalue weighted by Crippen LogP contribution is 2.30. The number of carboxylic acid groups (broad SMARTS) is 1. The first-order chi connectivity index (χ1) is 10.3. The summed E-state index contributed by atoms with van der Waals surface area (Å²) in [5, 5.41) is 9.62. The summed E-state index contributed by atoms with van der Waals surface area (Å²) in [5.74, 6) is -0.863. The number of hydrogen-bond acceptors (Lipinski definition) is 1. The fourth-order valence-corrected chi connectivity index (χ4v) is 3.00. The van der Waals surface area contributed by atoms with E-state index in [9.17, 15) is 9.90 Å². The molecule has 1 aliphatic rings. The summed E-state index contributed by atoms with van der Waals surface area (Å²) in [7, 11) is 0. The third-order valence-corrected chi connectivity index (χ3v) is 4.03. The van der Waals surface area contributed by atoms with E-state index in [2.05, 4.69) is 6.07 Å². The zero-order valence-corrected chi connectivity index (χ0v) is 11.9. The summed E-state index contributed by atoms with van der Waals surface area (Å²) in [6.07, 6.45) is 6.14. The van der Waals surface area contributed by atoms with E-state index < -0.39 is 5.97 Å². The van der Waals surface area contributed by atoms with Gasteiger partial charge >= 0.3 is 5.97 Å². The Morgan fingerprint density at radius 3 is 2.48 bits per heavy atom. The standard InChI is InChI=1S/C19H18O2/c20-19(21)18(13-14-7-2-1-3-8-14)17-12-6-10-15-9-4-5-11-16(15)17/h1-3,6-8,10,12-13H,4-5,9,11H2,(H,20,21)/b18-13+. The average Bonchev–Trinajstić information content (AvgIpc) is 2.53. The summed E-state index contributed by atoms with van der Waals surface area (Å²) in [5.41, 5.74) is 4.71. The first kappa shape index (κ1) is 13.6. The van der Waals surface area contributed by atoms with Gasteiger partial charge in [-0.25, -0.2) is 4.79 Å². The smallest absolute Gasteiger partial charge is 0.336 e. The minimum absolute atomic E-state index is 0.389. The second kappa shape index (κ2) is 5.96. The molecular formula is C19H18O2. The van der Waals surface area contributed by atoms with Crippen LogP contribution < -0.4 is 0 Å². The molecule has 2 heteroatoms. The van der Waals surface area contributed by atoms with Crippen LogP contribution in [0.4, 0.5) is 0 Å². The van der Waals surface area contributed by atoms with Crippen molar-refractivity contribution in [1.82, 2.24) is 0 Å². The molecule has 0 amide bonds. The van der Waals surface area contributed by atoms with E-state index in [-0.39, 0.29) is 0 Å². The fraction of sp³-hybridized carbons (Fsp3) is 0.211. The molecule has 3 rings (SSSR count). The normalized spacial score (nSPS) is 14.6. The number of aliphatic carboxylic acids is 1. The lowest BCUT2D eigenvalue weighted by atomic mass is 9.85. The highest BCUT2D eigenvalue weighted by molar-refractivity contribution is 6.21. The first-order valence-corrected chi connectivity index (χ1v) is 7.37. The van der Waals surface area contributed by atoms with Gasteiger partial charge in [0.25, 0.3) is 0 Å². The Bertz CT molecular complexity index is 684. The van der Waals surface area contributed by atoms with E-state index in [0.717, 1.165) is 30.4 Å². The van der Waals surface area contributed by atoms with Crippen LogP contribution in [0, 0.1) is 0 Å². The van der Waals surface area contributed by atoms with Crippen LogP contribution in [-0.4, -0.2) is 11.1 Å². The molecule has 21 heavy (non-hydrogen) atoms. The molecule has 106 valence electrons. The van der Waals surface area contributed by atoms with Crippen molar-refractivity contribution in [3.8, 4) is 0 Å². The monoisotopic (exact) mass is 278 g/mol. The van der Waals surface area contributed by atoms with Crippen molar-refractivity contribution in [2.75, 3.05) is 0 Å². The van der Waals surface area contributed by atoms with Crippen molar-refractivity contribution >= 4 is 17.6 Å². The minimum Gasteiger partial charge on any atom is -0.478 e. The molecule has 0 atom stereocenters. The van der Waals surface area contributed by atoms with Gasteiger partial charge in [0.05, 0.1) is 5.57 Å². The van der Waals surface area contributed by atoms with Gasteiger partial charge in [-0.15, -0.1) is 0 Å². The molecule has 2 nitrogen and oxygen atoms in total. The van der Waals surface area contributed by atoms with Gasteiger partial charge in [-0.1, -0.05) is 48.5 Å². The van der Waals surface area contributed by atoms with Gasteiger partial charge in [-0.2, -0.15) is 0 Å². The van der Waals surface area contributed by atoms with Crippen LogP contribution in [0.5, 0.6) is 0 Å². The topological polar surface area (TPSA) is 37.3 Å². The lowest BCUT2D eigenvalue weighted by molar-refractivity contribution is -0.130. The largest absolute Gasteiger partial charge is 0.478 e. The zero-order chi connectivity index (χ0) is 14.7. The Morgan fingerprint density at radius 2 is 1.71 bits per heavy atom. The van der Waals surface area contributed by atoms with E-state index in [0.29, 0.717) is 5.57 Å². The molecule has 0 saturated heterocycles. The Labute approximate surface area is 124 Å². The van der Waals surface area contributed by atoms with E-state index >= 15 is 0 Å². The van der Waals surface area contributed by atoms with Crippen LogP contribution in [-0.2, 0) is 17.6 Å². The van der Waals surface area contributed by atoms with Crippen LogP contribution in [0.15, 0.2) is 48.5 Å². The van der Waals surface area contributed by atoms with E-state index in [1.165, 1.54) is 17.5 Å². The van der Waals surface area contributed by atoms with Crippen LogP contribution >= 0.6 is 0 Å². The van der Waals surface area contributed by atoms with Crippen LogP contribution in [0.2, 0.25) is 0 Å². The van der Waals surface area contributed by atoms with E-state index in [1.54, 1.807) is 6.08 Å². The van der Waals surface area contributed by atoms with E-state index in [4.69, 9.17) is 0 Å². The van der Waals surface area contributed by atoms with Gasteiger partial charge < -0.3 is 5.11 Å². The molecule has 0 heterocycles. The van der Waals surface area contributed by atoms with E-state index in [1.807, 2.05) is 42.5 Å². The SMILES string of the molecule is O=C(O)/C(=C/c1ccccc1)c1cccc2c1CCCC2. The predicted octanol–water partition coefficient (Wildman–Crippen LogP) is 4.19. The molecule has 0 saturated carbocycles. The Kier molecular flexibility index (Phi) is 3.87. The summed E-state index contributed by atoms with van der Waals surface area (Å²) in [6, 6.07) is 15.7. The van der Waals surface area contributed by atoms with Gasteiger partial charge in [-0.3, -0.25) is 0 Å². The second-order valence-corrected chi connectivity index (χ2v) is 5.42. The molecule has 2 aromatic carbocycles. The molecule has 0 aromatic heterocycles. The van der Waals surface area contributed by atoms with Crippen LogP contribution in [0.1, 0.15) is 35.1 Å². The number of hydrogen-bond donors (Lipinski definition) is 1. The third-order valence-electron chi connectivity index (χ3n) is 4.03. The Balaban J connectivity index is 2.11. The van der Waals surface area contributed by atoms with Crippen LogP contribution in [0.3, 0.4) is 0 Å². The van der Waals surface area contributed by atoms with Crippen molar-refractivity contribution in [2.24, 2.45) is 0 Å². The van der Waals surface area contributed by atoms with Gasteiger partial charge in [-0.05, 0) is 54.0 Å². The number of benzene rings is 2. The number of carbonyl (C=O) groups is 1. The lowest BCUT2D eigenvalue weighted by Gasteiger charge is -2.19. The maximum absolute atomic E-state index is 11.7. The molecule has 0 unspecified atom stereocenters. The first-order valence-electron chi connectivity index (χ1n) is 7.37. The average molecular weight is 278 g/mol.